The molecule has 1 atom stereocenters. The van der Waals surface area contributed by atoms with Gasteiger partial charge in [0.05, 0.1) is 6.42 Å². The summed E-state index contributed by atoms with van der Waals surface area (Å²) in [5.74, 6) is -1.09. The number of allylic oxidation sites excluding steroid dienone is 29. The van der Waals surface area contributed by atoms with Crippen LogP contribution in [-0.4, -0.2) is 37.2 Å². The summed E-state index contributed by atoms with van der Waals surface area (Å²) in [4.78, 5) is 38.2. The minimum atomic E-state index is -0.852. The molecule has 0 spiro atoms. The van der Waals surface area contributed by atoms with Gasteiger partial charge >= 0.3 is 17.9 Å². The summed E-state index contributed by atoms with van der Waals surface area (Å²) in [6.07, 6.45) is 99.3. The number of ether oxygens (including phenoxy) is 3. The molecule has 1 unspecified atom stereocenters. The van der Waals surface area contributed by atoms with Crippen LogP contribution in [0.2, 0.25) is 0 Å². The van der Waals surface area contributed by atoms with Crippen molar-refractivity contribution in [1.29, 1.82) is 0 Å². The summed E-state index contributed by atoms with van der Waals surface area (Å²) >= 11 is 0. The molecule has 446 valence electrons. The lowest BCUT2D eigenvalue weighted by molar-refractivity contribution is -0.166. The standard InChI is InChI=1S/C74H114O6/c1-4-7-10-13-16-19-22-25-28-29-30-31-32-33-34-35-36-37-38-39-40-41-42-43-44-45-47-49-52-55-58-61-64-67-73(76)79-70-71(69-78-72(75)66-63-60-57-54-51-48-27-24-21-18-15-12-9-6-3)80-74(77)68-65-62-59-56-53-50-46-26-23-20-17-14-11-8-5-2/h7-8,10-11,15-20,24-28,30-31,33-34,36-37,39-40,42-43,46,53,56,62,65,71H,4-6,9,12-14,21-23,29,32,35,38,41,44-45,47-52,54-55,57-61,63-64,66-70H2,1-3H3/b10-7-,11-8-,18-15-,19-16-,20-17-,27-24-,28-25-,31-30-,34-33-,37-36-,40-39-,43-42-,46-26-,56-53-,65-62-. The number of unbranched alkanes of at least 4 members (excludes halogenated alkanes) is 15. The highest BCUT2D eigenvalue weighted by Crippen LogP contribution is 2.13. The summed E-state index contributed by atoms with van der Waals surface area (Å²) in [5.41, 5.74) is 0. The molecule has 0 fully saturated rings. The number of carbonyl (C=O) groups excluding carboxylic acids is 3. The third-order valence-electron chi connectivity index (χ3n) is 12.7. The highest BCUT2D eigenvalue weighted by atomic mass is 16.6. The molecular weight excluding hydrogens is 985 g/mol. The molecule has 0 aliphatic heterocycles. The monoisotopic (exact) mass is 1100 g/mol. The lowest BCUT2D eigenvalue weighted by Crippen LogP contribution is -2.30. The van der Waals surface area contributed by atoms with Gasteiger partial charge in [0.1, 0.15) is 13.2 Å². The second-order valence-electron chi connectivity index (χ2n) is 20.2. The molecule has 0 heterocycles. The highest BCUT2D eigenvalue weighted by Gasteiger charge is 2.19. The molecule has 0 bridgehead atoms. The van der Waals surface area contributed by atoms with E-state index in [2.05, 4.69) is 191 Å². The molecule has 0 rings (SSSR count). The SMILES string of the molecule is CC/C=C\C/C=C\C/C=C\C/C=C\C/C=C\C/C=C\C/C=C\C/C=C\CCCCCCCCCCC(=O)OCC(COC(=O)CCCCCCC/C=C\C/C=C\CCCC)OC(=O)C/C=C\C/C=C\C/C=C\C/C=C\C/C=C\CC. The van der Waals surface area contributed by atoms with Crippen molar-refractivity contribution < 1.29 is 28.6 Å². The van der Waals surface area contributed by atoms with E-state index in [4.69, 9.17) is 14.2 Å². The summed E-state index contributed by atoms with van der Waals surface area (Å²) < 4.78 is 16.8. The van der Waals surface area contributed by atoms with Crippen LogP contribution in [0.4, 0.5) is 0 Å². The molecule has 0 amide bonds. The molecule has 0 aromatic carbocycles. The number of hydrogen-bond donors (Lipinski definition) is 0. The van der Waals surface area contributed by atoms with E-state index in [9.17, 15) is 14.4 Å². The van der Waals surface area contributed by atoms with Gasteiger partial charge in [-0.05, 0) is 135 Å². The Morgan fingerprint density at radius 2 is 0.525 bits per heavy atom. The average molecular weight is 1100 g/mol. The molecule has 0 aliphatic carbocycles. The zero-order valence-corrected chi connectivity index (χ0v) is 51.0. The molecule has 6 heteroatoms. The Morgan fingerprint density at radius 1 is 0.275 bits per heavy atom. The van der Waals surface area contributed by atoms with Crippen molar-refractivity contribution in [2.75, 3.05) is 13.2 Å². The van der Waals surface area contributed by atoms with Crippen molar-refractivity contribution in [2.45, 2.75) is 252 Å². The number of esters is 3. The number of rotatable bonds is 55. The van der Waals surface area contributed by atoms with Gasteiger partial charge in [-0.1, -0.05) is 274 Å². The summed E-state index contributed by atoms with van der Waals surface area (Å²) in [6.45, 7) is 6.25. The van der Waals surface area contributed by atoms with Crippen LogP contribution in [-0.2, 0) is 28.6 Å². The third kappa shape index (κ3) is 63.3. The van der Waals surface area contributed by atoms with E-state index in [1.165, 1.54) is 51.4 Å². The first-order chi connectivity index (χ1) is 39.5. The topological polar surface area (TPSA) is 78.9 Å². The maximum Gasteiger partial charge on any atom is 0.310 e. The van der Waals surface area contributed by atoms with Crippen LogP contribution in [0.15, 0.2) is 182 Å². The second-order valence-corrected chi connectivity index (χ2v) is 20.2. The first kappa shape index (κ1) is 74.5. The van der Waals surface area contributed by atoms with Gasteiger partial charge in [0, 0.05) is 12.8 Å². The number of hydrogen-bond acceptors (Lipinski definition) is 6. The fourth-order valence-electron chi connectivity index (χ4n) is 7.96. The Labute approximate surface area is 491 Å². The van der Waals surface area contributed by atoms with Crippen molar-refractivity contribution in [3.8, 4) is 0 Å². The molecule has 6 nitrogen and oxygen atoms in total. The van der Waals surface area contributed by atoms with Crippen molar-refractivity contribution in [2.24, 2.45) is 0 Å². The lowest BCUT2D eigenvalue weighted by atomic mass is 10.1. The Kier molecular flexibility index (Phi) is 61.5. The van der Waals surface area contributed by atoms with Crippen molar-refractivity contribution >= 4 is 17.9 Å². The Morgan fingerprint density at radius 3 is 0.825 bits per heavy atom. The fraction of sp³-hybridized carbons (Fsp3) is 0.554. The zero-order valence-electron chi connectivity index (χ0n) is 51.0. The van der Waals surface area contributed by atoms with Crippen LogP contribution in [0.3, 0.4) is 0 Å². The van der Waals surface area contributed by atoms with Crippen LogP contribution in [0, 0.1) is 0 Å². The van der Waals surface area contributed by atoms with Gasteiger partial charge in [0.25, 0.3) is 0 Å². The molecule has 80 heavy (non-hydrogen) atoms. The summed E-state index contributed by atoms with van der Waals surface area (Å²) in [6, 6.07) is 0. The molecule has 0 aliphatic rings. The van der Waals surface area contributed by atoms with E-state index >= 15 is 0 Å². The normalized spacial score (nSPS) is 13.4. The Bertz CT molecular complexity index is 1890. The van der Waals surface area contributed by atoms with Gasteiger partial charge in [-0.2, -0.15) is 0 Å². The van der Waals surface area contributed by atoms with Gasteiger partial charge in [-0.15, -0.1) is 0 Å². The first-order valence-corrected chi connectivity index (χ1v) is 31.8. The second kappa shape index (κ2) is 66.0. The fourth-order valence-corrected chi connectivity index (χ4v) is 7.96. The Balaban J connectivity index is 4.38. The number of carbonyl (C=O) groups is 3. The van der Waals surface area contributed by atoms with Crippen LogP contribution < -0.4 is 0 Å². The van der Waals surface area contributed by atoms with Gasteiger partial charge in [-0.25, -0.2) is 0 Å². The molecule has 0 saturated heterocycles. The summed E-state index contributed by atoms with van der Waals surface area (Å²) in [7, 11) is 0. The van der Waals surface area contributed by atoms with E-state index in [-0.39, 0.29) is 31.6 Å². The molecule has 0 N–H and O–H groups in total. The van der Waals surface area contributed by atoms with Crippen molar-refractivity contribution in [3.05, 3.63) is 182 Å². The van der Waals surface area contributed by atoms with Crippen LogP contribution in [0.5, 0.6) is 0 Å². The molecule has 0 saturated carbocycles. The van der Waals surface area contributed by atoms with Gasteiger partial charge in [0.2, 0.25) is 0 Å². The first-order valence-electron chi connectivity index (χ1n) is 31.8. The largest absolute Gasteiger partial charge is 0.462 e. The molecule has 0 radical (unpaired) electrons. The van der Waals surface area contributed by atoms with E-state index in [1.807, 2.05) is 6.08 Å². The minimum absolute atomic E-state index is 0.0833. The molecule has 0 aromatic rings. The molecular formula is C74H114O6. The predicted octanol–water partition coefficient (Wildman–Crippen LogP) is 22.0. The quantitative estimate of drug-likeness (QED) is 0.0261. The minimum Gasteiger partial charge on any atom is -0.462 e. The van der Waals surface area contributed by atoms with E-state index < -0.39 is 12.1 Å². The lowest BCUT2D eigenvalue weighted by Gasteiger charge is -2.18. The van der Waals surface area contributed by atoms with Crippen molar-refractivity contribution in [3.63, 3.8) is 0 Å². The Hall–Kier alpha value is -5.49. The van der Waals surface area contributed by atoms with Crippen molar-refractivity contribution in [1.82, 2.24) is 0 Å². The summed E-state index contributed by atoms with van der Waals surface area (Å²) in [5, 5.41) is 0. The van der Waals surface area contributed by atoms with E-state index in [1.54, 1.807) is 6.08 Å². The third-order valence-corrected chi connectivity index (χ3v) is 12.7. The van der Waals surface area contributed by atoms with E-state index in [0.29, 0.717) is 19.3 Å². The van der Waals surface area contributed by atoms with Crippen LogP contribution in [0.25, 0.3) is 0 Å². The van der Waals surface area contributed by atoms with E-state index in [0.717, 1.165) is 148 Å². The maximum absolute atomic E-state index is 12.8. The van der Waals surface area contributed by atoms with Gasteiger partial charge < -0.3 is 14.2 Å². The molecule has 0 aromatic heterocycles. The zero-order chi connectivity index (χ0) is 57.8. The van der Waals surface area contributed by atoms with Gasteiger partial charge in [0.15, 0.2) is 6.10 Å². The maximum atomic E-state index is 12.8. The smallest absolute Gasteiger partial charge is 0.310 e. The van der Waals surface area contributed by atoms with Crippen LogP contribution in [0.1, 0.15) is 245 Å². The average Bonchev–Trinajstić information content (AvgIpc) is 3.46. The van der Waals surface area contributed by atoms with Gasteiger partial charge in [-0.3, -0.25) is 14.4 Å². The highest BCUT2D eigenvalue weighted by molar-refractivity contribution is 5.72. The van der Waals surface area contributed by atoms with Crippen LogP contribution >= 0.6 is 0 Å². The predicted molar refractivity (Wildman–Crippen MR) is 348 cm³/mol.